The Morgan fingerprint density at radius 3 is 2.29 bits per heavy atom. The smallest absolute Gasteiger partial charge is 0.396 e. The van der Waals surface area contributed by atoms with Gasteiger partial charge in [0.2, 0.25) is 0 Å². The fourth-order valence-corrected chi connectivity index (χ4v) is 4.67. The van der Waals surface area contributed by atoms with Crippen molar-refractivity contribution in [1.29, 1.82) is 0 Å². The second-order valence-electron chi connectivity index (χ2n) is 3.66. The molecule has 0 rings (SSSR count). The molecule has 0 amide bonds. The zero-order valence-corrected chi connectivity index (χ0v) is 11.5. The van der Waals surface area contributed by atoms with E-state index in [2.05, 4.69) is 4.52 Å². The molecule has 0 aliphatic heterocycles. The Bertz CT molecular complexity index is 306. The first-order valence-corrected chi connectivity index (χ1v) is 9.52. The highest BCUT2D eigenvalue weighted by molar-refractivity contribution is 8.29. The van der Waals surface area contributed by atoms with E-state index in [0.717, 1.165) is 0 Å². The fourth-order valence-electron chi connectivity index (χ4n) is 1.13. The highest BCUT2D eigenvalue weighted by atomic mass is 32.1. The van der Waals surface area contributed by atoms with Gasteiger partial charge in [0.15, 0.2) is 6.29 Å². The van der Waals surface area contributed by atoms with Crippen molar-refractivity contribution in [2.45, 2.75) is 38.9 Å². The lowest BCUT2D eigenvalue weighted by atomic mass is 10.2. The molecule has 104 valence electrons. The summed E-state index contributed by atoms with van der Waals surface area (Å²) in [6, 6.07) is 0. The van der Waals surface area contributed by atoms with Gasteiger partial charge in [-0.3, -0.25) is 9.09 Å². The topological polar surface area (TPSA) is 124 Å². The van der Waals surface area contributed by atoms with Gasteiger partial charge in [-0.25, -0.2) is 4.57 Å². The summed E-state index contributed by atoms with van der Waals surface area (Å²) in [6.45, 7) is 1.54. The zero-order chi connectivity index (χ0) is 13.5. The minimum Gasteiger partial charge on any atom is -0.396 e. The summed E-state index contributed by atoms with van der Waals surface area (Å²) in [5, 5.41) is 17.8. The molecule has 0 saturated heterocycles. The van der Waals surface area contributed by atoms with Crippen LogP contribution in [0.2, 0.25) is 0 Å². The quantitative estimate of drug-likeness (QED) is 0.286. The highest BCUT2D eigenvalue weighted by Gasteiger charge is 2.43. The van der Waals surface area contributed by atoms with Crippen LogP contribution in [-0.2, 0) is 13.7 Å². The molecule has 0 aliphatic carbocycles. The van der Waals surface area contributed by atoms with Crippen LogP contribution in [0.15, 0.2) is 0 Å². The summed E-state index contributed by atoms with van der Waals surface area (Å²) < 4.78 is 27.3. The van der Waals surface area contributed by atoms with Gasteiger partial charge >= 0.3 is 14.3 Å². The average Bonchev–Trinajstić information content (AvgIpc) is 2.16. The summed E-state index contributed by atoms with van der Waals surface area (Å²) in [6.07, 6.45) is -0.804. The Morgan fingerprint density at radius 1 is 1.24 bits per heavy atom. The molecule has 0 heterocycles. The van der Waals surface area contributed by atoms with E-state index in [1.807, 2.05) is 0 Å². The monoisotopic (exact) mass is 290 g/mol. The van der Waals surface area contributed by atoms with Crippen LogP contribution in [0.3, 0.4) is 0 Å². The lowest BCUT2D eigenvalue weighted by Gasteiger charge is -2.20. The van der Waals surface area contributed by atoms with Crippen LogP contribution >= 0.6 is 14.3 Å². The lowest BCUT2D eigenvalue weighted by Crippen LogP contribution is -2.11. The Morgan fingerprint density at radius 2 is 1.82 bits per heavy atom. The van der Waals surface area contributed by atoms with Crippen molar-refractivity contribution in [2.24, 2.45) is 0 Å². The normalized spacial score (nSPS) is 20.5. The van der Waals surface area contributed by atoms with Crippen molar-refractivity contribution >= 4 is 14.3 Å². The molecule has 9 heteroatoms. The number of aliphatic hydroxyl groups excluding tert-OH is 2. The van der Waals surface area contributed by atoms with Gasteiger partial charge in [-0.05, 0) is 25.7 Å². The summed E-state index contributed by atoms with van der Waals surface area (Å²) in [4.78, 5) is 18.6. The van der Waals surface area contributed by atoms with E-state index in [1.165, 1.54) is 0 Å². The molecule has 0 bridgehead atoms. The number of hydrogen-bond donors (Lipinski definition) is 4. The van der Waals surface area contributed by atoms with E-state index in [0.29, 0.717) is 12.8 Å². The van der Waals surface area contributed by atoms with Crippen LogP contribution in [0.5, 0.6) is 0 Å². The Balaban J connectivity index is 4.33. The minimum absolute atomic E-state index is 0.0250. The van der Waals surface area contributed by atoms with Crippen molar-refractivity contribution in [3.63, 3.8) is 0 Å². The first-order valence-electron chi connectivity index (χ1n) is 5.39. The highest BCUT2D eigenvalue weighted by Crippen LogP contribution is 2.77. The predicted molar refractivity (Wildman–Crippen MR) is 62.8 cm³/mol. The van der Waals surface area contributed by atoms with Gasteiger partial charge in [0.05, 0.1) is 0 Å². The molecular weight excluding hydrogens is 270 g/mol. The Hall–Kier alpha value is 0.260. The third kappa shape index (κ3) is 6.11. The summed E-state index contributed by atoms with van der Waals surface area (Å²) in [7, 11) is -9.03. The minimum atomic E-state index is -4.72. The third-order valence-electron chi connectivity index (χ3n) is 2.03. The lowest BCUT2D eigenvalue weighted by molar-refractivity contribution is -0.0288. The first kappa shape index (κ1) is 17.3. The standard InChI is InChI=1S/C8H20O7P2/c1-2-7-16(11,12)17(13,14)15-8(10)5-3-4-6-9/h8-10H,2-7H2,1H3,(H,11,12)(H,13,14). The summed E-state index contributed by atoms with van der Waals surface area (Å²) in [5.74, 6) is 0. The van der Waals surface area contributed by atoms with Gasteiger partial charge in [0, 0.05) is 12.8 Å². The van der Waals surface area contributed by atoms with Gasteiger partial charge in [-0.15, -0.1) is 0 Å². The van der Waals surface area contributed by atoms with E-state index in [4.69, 9.17) is 5.11 Å². The van der Waals surface area contributed by atoms with Crippen molar-refractivity contribution in [3.05, 3.63) is 0 Å². The van der Waals surface area contributed by atoms with E-state index in [9.17, 15) is 24.0 Å². The zero-order valence-electron chi connectivity index (χ0n) is 9.73. The van der Waals surface area contributed by atoms with Crippen LogP contribution in [-0.4, -0.2) is 39.1 Å². The number of unbranched alkanes of at least 4 members (excludes halogenated alkanes) is 1. The van der Waals surface area contributed by atoms with E-state index in [1.54, 1.807) is 6.92 Å². The molecule has 17 heavy (non-hydrogen) atoms. The molecule has 3 atom stereocenters. The predicted octanol–water partition coefficient (Wildman–Crippen LogP) is 1.26. The average molecular weight is 290 g/mol. The van der Waals surface area contributed by atoms with Gasteiger partial charge in [0.1, 0.15) is 0 Å². The van der Waals surface area contributed by atoms with Crippen molar-refractivity contribution < 1.29 is 33.7 Å². The largest absolute Gasteiger partial charge is 0.412 e. The molecule has 0 spiro atoms. The van der Waals surface area contributed by atoms with Crippen molar-refractivity contribution in [3.8, 4) is 0 Å². The SMILES string of the molecule is CCCP(=O)(O)P(=O)(O)OC(O)CCCCO. The summed E-state index contributed by atoms with van der Waals surface area (Å²) in [5.41, 5.74) is 0. The molecule has 0 aromatic carbocycles. The van der Waals surface area contributed by atoms with Crippen LogP contribution in [0, 0.1) is 0 Å². The van der Waals surface area contributed by atoms with Crippen molar-refractivity contribution in [1.82, 2.24) is 0 Å². The number of hydrogen-bond acceptors (Lipinski definition) is 5. The number of rotatable bonds is 9. The van der Waals surface area contributed by atoms with Crippen molar-refractivity contribution in [2.75, 3.05) is 12.8 Å². The van der Waals surface area contributed by atoms with Gasteiger partial charge in [-0.1, -0.05) is 6.92 Å². The molecule has 0 aromatic rings. The Labute approximate surface area is 100 Å². The summed E-state index contributed by atoms with van der Waals surface area (Å²) >= 11 is 0. The van der Waals surface area contributed by atoms with E-state index >= 15 is 0 Å². The maximum absolute atomic E-state index is 11.5. The molecule has 0 aromatic heterocycles. The second kappa shape index (κ2) is 7.64. The van der Waals surface area contributed by atoms with Crippen LogP contribution in [0.25, 0.3) is 0 Å². The van der Waals surface area contributed by atoms with Crippen LogP contribution in [0.1, 0.15) is 32.6 Å². The van der Waals surface area contributed by atoms with E-state index < -0.39 is 20.6 Å². The second-order valence-corrected chi connectivity index (χ2v) is 10.0. The molecular formula is C8H20O7P2. The van der Waals surface area contributed by atoms with Gasteiger partial charge in [0.25, 0.3) is 0 Å². The third-order valence-corrected chi connectivity index (χ3v) is 7.62. The molecule has 3 unspecified atom stereocenters. The molecule has 0 saturated carbocycles. The molecule has 7 nitrogen and oxygen atoms in total. The maximum Gasteiger partial charge on any atom is 0.412 e. The molecule has 4 N–H and O–H groups in total. The van der Waals surface area contributed by atoms with Gasteiger partial charge in [-0.2, -0.15) is 0 Å². The van der Waals surface area contributed by atoms with Crippen LogP contribution < -0.4 is 0 Å². The van der Waals surface area contributed by atoms with Crippen LogP contribution in [0.4, 0.5) is 0 Å². The first-order chi connectivity index (χ1) is 7.77. The maximum atomic E-state index is 11.5. The number of aliphatic hydroxyl groups is 2. The molecule has 0 aliphatic rings. The molecule has 0 fully saturated rings. The fraction of sp³-hybridized carbons (Fsp3) is 1.00. The van der Waals surface area contributed by atoms with Gasteiger partial charge < -0.3 is 20.0 Å². The molecule has 0 radical (unpaired) electrons. The van der Waals surface area contributed by atoms with E-state index in [-0.39, 0.29) is 25.6 Å². The Kier molecular flexibility index (Phi) is 7.76.